The number of hydrogen-bond donors (Lipinski definition) is 1. The van der Waals surface area contributed by atoms with E-state index in [-0.39, 0.29) is 17.0 Å². The molecule has 0 aromatic carbocycles. The zero-order valence-corrected chi connectivity index (χ0v) is 14.2. The molecule has 0 aliphatic carbocycles. The fraction of sp³-hybridized carbons (Fsp3) is 0.600. The Morgan fingerprint density at radius 3 is 2.62 bits per heavy atom. The summed E-state index contributed by atoms with van der Waals surface area (Å²) in [4.78, 5) is 16.0. The molecule has 1 N–H and O–H groups in total. The Kier molecular flexibility index (Phi) is 4.21. The van der Waals surface area contributed by atoms with E-state index in [0.29, 0.717) is 12.0 Å². The van der Waals surface area contributed by atoms with Crippen LogP contribution in [0.2, 0.25) is 18.1 Å². The molecular weight excluding hydrogens is 287 g/mol. The van der Waals surface area contributed by atoms with E-state index in [1.807, 2.05) is 0 Å². The van der Waals surface area contributed by atoms with E-state index in [4.69, 9.17) is 4.43 Å². The first-order chi connectivity index (χ1) is 9.60. The number of halogens is 1. The van der Waals surface area contributed by atoms with E-state index in [1.54, 1.807) is 6.20 Å². The zero-order valence-electron chi connectivity index (χ0n) is 13.2. The van der Waals surface area contributed by atoms with Crippen LogP contribution in [-0.4, -0.2) is 25.3 Å². The molecule has 6 heteroatoms. The Balaban J connectivity index is 2.10. The van der Waals surface area contributed by atoms with Gasteiger partial charge in [-0.3, -0.25) is 9.78 Å². The maximum absolute atomic E-state index is 13.2. The molecule has 0 spiro atoms. The molecule has 2 rings (SSSR count). The van der Waals surface area contributed by atoms with E-state index in [9.17, 15) is 9.18 Å². The maximum Gasteiger partial charge on any atom is 0.248 e. The van der Waals surface area contributed by atoms with Gasteiger partial charge in [0.25, 0.3) is 0 Å². The molecular formula is C15H23FN2O2Si. The summed E-state index contributed by atoms with van der Waals surface area (Å²) in [5.74, 6) is -0.510. The van der Waals surface area contributed by atoms with Crippen molar-refractivity contribution < 1.29 is 13.6 Å². The van der Waals surface area contributed by atoms with Gasteiger partial charge in [0.1, 0.15) is 11.9 Å². The van der Waals surface area contributed by atoms with Crippen LogP contribution in [0.1, 0.15) is 38.8 Å². The van der Waals surface area contributed by atoms with Crippen LogP contribution in [0, 0.1) is 5.82 Å². The highest BCUT2D eigenvalue weighted by Crippen LogP contribution is 2.39. The lowest BCUT2D eigenvalue weighted by Crippen LogP contribution is -2.45. The summed E-state index contributed by atoms with van der Waals surface area (Å²) in [5, 5.41) is 2.92. The smallest absolute Gasteiger partial charge is 0.248 e. The van der Waals surface area contributed by atoms with Crippen LogP contribution in [0.4, 0.5) is 4.39 Å². The lowest BCUT2D eigenvalue weighted by Gasteiger charge is -2.37. The van der Waals surface area contributed by atoms with E-state index < -0.39 is 20.2 Å². The number of nitrogens with one attached hydrogen (secondary N) is 1. The third-order valence-corrected chi connectivity index (χ3v) is 8.92. The van der Waals surface area contributed by atoms with Gasteiger partial charge in [0, 0.05) is 12.6 Å². The lowest BCUT2D eigenvalue weighted by molar-refractivity contribution is -0.125. The van der Waals surface area contributed by atoms with E-state index in [1.165, 1.54) is 6.07 Å². The summed E-state index contributed by atoms with van der Waals surface area (Å²) in [6.45, 7) is 10.7. The minimum absolute atomic E-state index is 0.0474. The Morgan fingerprint density at radius 2 is 2.05 bits per heavy atom. The Bertz CT molecular complexity index is 543. The third-order valence-electron chi connectivity index (χ3n) is 4.43. The fourth-order valence-corrected chi connectivity index (χ4v) is 3.39. The SMILES string of the molecule is CC(C)(C)[Si](C)(C)OC1CC(c2cncc(F)c2)NC1=O. The van der Waals surface area contributed by atoms with Gasteiger partial charge in [0.15, 0.2) is 8.32 Å². The van der Waals surface area contributed by atoms with Gasteiger partial charge >= 0.3 is 0 Å². The van der Waals surface area contributed by atoms with E-state index in [0.717, 1.165) is 6.20 Å². The number of rotatable bonds is 3. The van der Waals surface area contributed by atoms with Crippen molar-refractivity contribution in [2.24, 2.45) is 0 Å². The summed E-state index contributed by atoms with van der Waals surface area (Å²) in [5.41, 5.74) is 0.685. The minimum atomic E-state index is -2.00. The van der Waals surface area contributed by atoms with Crippen LogP contribution in [0.3, 0.4) is 0 Å². The summed E-state index contributed by atoms with van der Waals surface area (Å²) >= 11 is 0. The molecule has 4 nitrogen and oxygen atoms in total. The third kappa shape index (κ3) is 3.49. The van der Waals surface area contributed by atoms with Crippen molar-refractivity contribution in [1.29, 1.82) is 0 Å². The molecule has 2 heterocycles. The van der Waals surface area contributed by atoms with Gasteiger partial charge in [0.05, 0.1) is 12.2 Å². The molecule has 2 atom stereocenters. The molecule has 1 aromatic heterocycles. The monoisotopic (exact) mass is 310 g/mol. The first kappa shape index (κ1) is 16.1. The van der Waals surface area contributed by atoms with Crippen molar-refractivity contribution in [2.75, 3.05) is 0 Å². The van der Waals surface area contributed by atoms with Crippen molar-refractivity contribution in [3.8, 4) is 0 Å². The zero-order chi connectivity index (χ0) is 15.8. The maximum atomic E-state index is 13.2. The highest BCUT2D eigenvalue weighted by atomic mass is 28.4. The molecule has 1 fully saturated rings. The van der Waals surface area contributed by atoms with Crippen molar-refractivity contribution in [3.05, 3.63) is 29.8 Å². The number of hydrogen-bond acceptors (Lipinski definition) is 3. The lowest BCUT2D eigenvalue weighted by atomic mass is 10.1. The summed E-state index contributed by atoms with van der Waals surface area (Å²) in [6.07, 6.45) is 2.81. The average molecular weight is 310 g/mol. The Labute approximate surface area is 126 Å². The molecule has 2 unspecified atom stereocenters. The molecule has 21 heavy (non-hydrogen) atoms. The molecule has 1 aliphatic heterocycles. The second kappa shape index (κ2) is 5.49. The van der Waals surface area contributed by atoms with Gasteiger partial charge in [-0.1, -0.05) is 20.8 Å². The Morgan fingerprint density at radius 1 is 1.38 bits per heavy atom. The van der Waals surface area contributed by atoms with Crippen LogP contribution in [0.5, 0.6) is 0 Å². The molecule has 1 aromatic rings. The number of carbonyl (C=O) groups excluding carboxylic acids is 1. The highest BCUT2D eigenvalue weighted by molar-refractivity contribution is 6.74. The van der Waals surface area contributed by atoms with Crippen molar-refractivity contribution in [1.82, 2.24) is 10.3 Å². The number of nitrogens with zero attached hydrogens (tertiary/aromatic N) is 1. The van der Waals surface area contributed by atoms with Gasteiger partial charge in [-0.05, 0) is 29.8 Å². The second-order valence-electron chi connectivity index (χ2n) is 7.10. The van der Waals surface area contributed by atoms with Crippen molar-refractivity contribution in [3.63, 3.8) is 0 Å². The van der Waals surface area contributed by atoms with E-state index >= 15 is 0 Å². The standard InChI is InChI=1S/C15H23FN2O2Si/c1-15(2,3)21(4,5)20-13-7-12(18-14(13)19)10-6-11(16)9-17-8-10/h6,8-9,12-13H,7H2,1-5H3,(H,18,19). The molecule has 1 amide bonds. The largest absolute Gasteiger partial charge is 0.405 e. The topological polar surface area (TPSA) is 51.2 Å². The predicted octanol–water partition coefficient (Wildman–Crippen LogP) is 3.17. The predicted molar refractivity (Wildman–Crippen MR) is 81.8 cm³/mol. The van der Waals surface area contributed by atoms with Crippen LogP contribution in [0.15, 0.2) is 18.5 Å². The molecule has 0 radical (unpaired) electrons. The summed E-state index contributed by atoms with van der Waals surface area (Å²) in [6, 6.07) is 1.18. The average Bonchev–Trinajstić information content (AvgIpc) is 2.69. The summed E-state index contributed by atoms with van der Waals surface area (Å²) < 4.78 is 19.4. The van der Waals surface area contributed by atoms with Crippen molar-refractivity contribution >= 4 is 14.2 Å². The van der Waals surface area contributed by atoms with Crippen LogP contribution in [0.25, 0.3) is 0 Å². The van der Waals surface area contributed by atoms with Gasteiger partial charge < -0.3 is 9.74 Å². The summed E-state index contributed by atoms with van der Waals surface area (Å²) in [7, 11) is -2.00. The van der Waals surface area contributed by atoms with Crippen LogP contribution < -0.4 is 5.32 Å². The molecule has 0 bridgehead atoms. The number of aromatic nitrogens is 1. The van der Waals surface area contributed by atoms with Crippen LogP contribution in [-0.2, 0) is 9.22 Å². The number of amides is 1. The molecule has 0 saturated carbocycles. The van der Waals surface area contributed by atoms with Crippen LogP contribution >= 0.6 is 0 Å². The second-order valence-corrected chi connectivity index (χ2v) is 11.9. The van der Waals surface area contributed by atoms with Gasteiger partial charge in [0.2, 0.25) is 5.91 Å². The molecule has 116 valence electrons. The highest BCUT2D eigenvalue weighted by Gasteiger charge is 2.43. The fourth-order valence-electron chi connectivity index (χ4n) is 2.12. The molecule has 1 saturated heterocycles. The van der Waals surface area contributed by atoms with E-state index in [2.05, 4.69) is 44.2 Å². The quantitative estimate of drug-likeness (QED) is 0.872. The van der Waals surface area contributed by atoms with Crippen molar-refractivity contribution in [2.45, 2.75) is 57.5 Å². The normalized spacial score (nSPS) is 23.2. The minimum Gasteiger partial charge on any atom is -0.405 e. The first-order valence-corrected chi connectivity index (χ1v) is 10.1. The van der Waals surface area contributed by atoms with Gasteiger partial charge in [-0.15, -0.1) is 0 Å². The number of carbonyl (C=O) groups is 1. The number of pyridine rings is 1. The van der Waals surface area contributed by atoms with Gasteiger partial charge in [-0.2, -0.15) is 0 Å². The molecule has 1 aliphatic rings. The first-order valence-electron chi connectivity index (χ1n) is 7.19. The van der Waals surface area contributed by atoms with Gasteiger partial charge in [-0.25, -0.2) is 4.39 Å². The Hall–Kier alpha value is -1.27.